The molecule has 0 aromatic heterocycles. The van der Waals surface area contributed by atoms with Crippen LogP contribution in [-0.4, -0.2) is 42.0 Å². The van der Waals surface area contributed by atoms with E-state index in [2.05, 4.69) is 11.4 Å². The standard InChI is InChI=1S/C19H23N3O3/c1-14-2-4-15(5-3-14)11-22-12-16(10-17(22)23)18(24)21-19(13-20)6-8-25-9-7-19/h2-5,16H,6-12H2,1H3,(H,21,24)/t16-/m0/s1. The van der Waals surface area contributed by atoms with Crippen LogP contribution in [0.2, 0.25) is 0 Å². The molecular formula is C19H23N3O3. The maximum absolute atomic E-state index is 12.6. The van der Waals surface area contributed by atoms with E-state index in [0.717, 1.165) is 5.56 Å². The van der Waals surface area contributed by atoms with Crippen molar-refractivity contribution in [3.63, 3.8) is 0 Å². The van der Waals surface area contributed by atoms with Crippen molar-refractivity contribution in [2.75, 3.05) is 19.8 Å². The Bertz CT molecular complexity index is 687. The summed E-state index contributed by atoms with van der Waals surface area (Å²) in [5, 5.41) is 12.3. The van der Waals surface area contributed by atoms with E-state index in [9.17, 15) is 14.9 Å². The molecule has 2 aliphatic rings. The number of ether oxygens (including phenoxy) is 1. The highest BCUT2D eigenvalue weighted by molar-refractivity contribution is 5.89. The average molecular weight is 341 g/mol. The summed E-state index contributed by atoms with van der Waals surface area (Å²) in [5.41, 5.74) is 1.37. The normalized spacial score (nSPS) is 22.5. The average Bonchev–Trinajstić information content (AvgIpc) is 2.98. The molecule has 0 spiro atoms. The third kappa shape index (κ3) is 3.99. The van der Waals surface area contributed by atoms with Gasteiger partial charge in [0.05, 0.1) is 12.0 Å². The second-order valence-electron chi connectivity index (χ2n) is 6.96. The third-order valence-corrected chi connectivity index (χ3v) is 5.00. The molecule has 0 unspecified atom stereocenters. The van der Waals surface area contributed by atoms with Crippen molar-refractivity contribution in [3.05, 3.63) is 35.4 Å². The first-order valence-corrected chi connectivity index (χ1v) is 8.66. The van der Waals surface area contributed by atoms with Crippen LogP contribution in [0.3, 0.4) is 0 Å². The highest BCUT2D eigenvalue weighted by atomic mass is 16.5. The summed E-state index contributed by atoms with van der Waals surface area (Å²) >= 11 is 0. The fourth-order valence-corrected chi connectivity index (χ4v) is 3.34. The molecule has 6 heteroatoms. The number of benzene rings is 1. The molecule has 2 amide bonds. The Hall–Kier alpha value is -2.39. The molecule has 25 heavy (non-hydrogen) atoms. The summed E-state index contributed by atoms with van der Waals surface area (Å²) in [6.45, 7) is 3.87. The summed E-state index contributed by atoms with van der Waals surface area (Å²) in [4.78, 5) is 26.6. The second-order valence-corrected chi connectivity index (χ2v) is 6.96. The van der Waals surface area contributed by atoms with Crippen LogP contribution in [-0.2, 0) is 20.9 Å². The van der Waals surface area contributed by atoms with Gasteiger partial charge >= 0.3 is 0 Å². The van der Waals surface area contributed by atoms with E-state index in [-0.39, 0.29) is 18.2 Å². The first-order chi connectivity index (χ1) is 12.0. The minimum absolute atomic E-state index is 0.0151. The number of carbonyl (C=O) groups excluding carboxylic acids is 2. The fourth-order valence-electron chi connectivity index (χ4n) is 3.34. The van der Waals surface area contributed by atoms with Gasteiger partial charge in [0.1, 0.15) is 5.54 Å². The fraction of sp³-hybridized carbons (Fsp3) is 0.526. The van der Waals surface area contributed by atoms with Gasteiger partial charge in [0.25, 0.3) is 0 Å². The number of hydrogen-bond donors (Lipinski definition) is 1. The molecule has 6 nitrogen and oxygen atoms in total. The van der Waals surface area contributed by atoms with E-state index in [1.54, 1.807) is 4.90 Å². The van der Waals surface area contributed by atoms with Gasteiger partial charge in [-0.05, 0) is 12.5 Å². The van der Waals surface area contributed by atoms with Gasteiger partial charge in [-0.25, -0.2) is 0 Å². The van der Waals surface area contributed by atoms with Crippen LogP contribution >= 0.6 is 0 Å². The number of likely N-dealkylation sites (tertiary alicyclic amines) is 1. The molecule has 2 saturated heterocycles. The smallest absolute Gasteiger partial charge is 0.226 e. The molecule has 2 aliphatic heterocycles. The van der Waals surface area contributed by atoms with Crippen LogP contribution in [0.5, 0.6) is 0 Å². The molecule has 2 heterocycles. The van der Waals surface area contributed by atoms with E-state index in [0.29, 0.717) is 39.1 Å². The van der Waals surface area contributed by atoms with Gasteiger partial charge in [0.15, 0.2) is 0 Å². The SMILES string of the molecule is Cc1ccc(CN2C[C@@H](C(=O)NC3(C#N)CCOCC3)CC2=O)cc1. The number of hydrogen-bond acceptors (Lipinski definition) is 4. The Kier molecular flexibility index (Phi) is 5.05. The van der Waals surface area contributed by atoms with Gasteiger partial charge in [-0.1, -0.05) is 29.8 Å². The third-order valence-electron chi connectivity index (χ3n) is 5.00. The molecule has 2 fully saturated rings. The van der Waals surface area contributed by atoms with Crippen molar-refractivity contribution in [1.29, 1.82) is 5.26 Å². The van der Waals surface area contributed by atoms with Crippen LogP contribution in [0.1, 0.15) is 30.4 Å². The summed E-state index contributed by atoms with van der Waals surface area (Å²) in [5.74, 6) is -0.618. The van der Waals surface area contributed by atoms with Crippen LogP contribution in [0.25, 0.3) is 0 Å². The van der Waals surface area contributed by atoms with Crippen LogP contribution < -0.4 is 5.32 Å². The van der Waals surface area contributed by atoms with Crippen molar-refractivity contribution in [1.82, 2.24) is 10.2 Å². The molecule has 1 N–H and O–H groups in total. The summed E-state index contributed by atoms with van der Waals surface area (Å²) in [7, 11) is 0. The minimum atomic E-state index is -0.858. The lowest BCUT2D eigenvalue weighted by Gasteiger charge is -2.32. The number of nitrogens with zero attached hydrogens (tertiary/aromatic N) is 2. The van der Waals surface area contributed by atoms with Gasteiger partial charge in [0.2, 0.25) is 11.8 Å². The van der Waals surface area contributed by atoms with Crippen LogP contribution in [0, 0.1) is 24.2 Å². The highest BCUT2D eigenvalue weighted by Crippen LogP contribution is 2.24. The van der Waals surface area contributed by atoms with Gasteiger partial charge in [0, 0.05) is 45.6 Å². The number of rotatable bonds is 4. The summed E-state index contributed by atoms with van der Waals surface area (Å²) in [6.07, 6.45) is 1.18. The molecule has 1 atom stereocenters. The zero-order valence-corrected chi connectivity index (χ0v) is 14.5. The highest BCUT2D eigenvalue weighted by Gasteiger charge is 2.40. The quantitative estimate of drug-likeness (QED) is 0.900. The van der Waals surface area contributed by atoms with Crippen molar-refractivity contribution in [3.8, 4) is 6.07 Å². The molecule has 3 rings (SSSR count). The molecule has 132 valence electrons. The van der Waals surface area contributed by atoms with E-state index in [1.807, 2.05) is 31.2 Å². The lowest BCUT2D eigenvalue weighted by Crippen LogP contribution is -2.52. The Labute approximate surface area is 147 Å². The molecule has 0 bridgehead atoms. The Morgan fingerprint density at radius 3 is 2.68 bits per heavy atom. The number of nitriles is 1. The second kappa shape index (κ2) is 7.24. The minimum Gasteiger partial charge on any atom is -0.381 e. The van der Waals surface area contributed by atoms with Crippen molar-refractivity contribution in [2.45, 2.75) is 38.3 Å². The van der Waals surface area contributed by atoms with Crippen molar-refractivity contribution >= 4 is 11.8 Å². The van der Waals surface area contributed by atoms with Crippen LogP contribution in [0.4, 0.5) is 0 Å². The van der Waals surface area contributed by atoms with E-state index in [4.69, 9.17) is 4.74 Å². The van der Waals surface area contributed by atoms with Gasteiger partial charge in [-0.15, -0.1) is 0 Å². The monoisotopic (exact) mass is 341 g/mol. The topological polar surface area (TPSA) is 82.4 Å². The zero-order chi connectivity index (χ0) is 17.9. The predicted octanol–water partition coefficient (Wildman–Crippen LogP) is 1.53. The van der Waals surface area contributed by atoms with Crippen LogP contribution in [0.15, 0.2) is 24.3 Å². The largest absolute Gasteiger partial charge is 0.381 e. The molecular weight excluding hydrogens is 318 g/mol. The summed E-state index contributed by atoms with van der Waals surface area (Å²) < 4.78 is 5.28. The number of nitrogens with one attached hydrogen (secondary N) is 1. The van der Waals surface area contributed by atoms with Crippen molar-refractivity contribution in [2.24, 2.45) is 5.92 Å². The molecule has 0 radical (unpaired) electrons. The predicted molar refractivity (Wildman–Crippen MR) is 91.2 cm³/mol. The van der Waals surface area contributed by atoms with Gasteiger partial charge < -0.3 is 15.0 Å². The Morgan fingerprint density at radius 2 is 2.04 bits per heavy atom. The molecule has 1 aromatic rings. The van der Waals surface area contributed by atoms with E-state index >= 15 is 0 Å². The van der Waals surface area contributed by atoms with Gasteiger partial charge in [-0.2, -0.15) is 5.26 Å². The van der Waals surface area contributed by atoms with Gasteiger partial charge in [-0.3, -0.25) is 9.59 Å². The Morgan fingerprint density at radius 1 is 1.36 bits per heavy atom. The zero-order valence-electron chi connectivity index (χ0n) is 14.5. The number of aryl methyl sites for hydroxylation is 1. The van der Waals surface area contributed by atoms with E-state index in [1.165, 1.54) is 5.56 Å². The lowest BCUT2D eigenvalue weighted by atomic mass is 9.90. The van der Waals surface area contributed by atoms with Crippen molar-refractivity contribution < 1.29 is 14.3 Å². The molecule has 0 saturated carbocycles. The van der Waals surface area contributed by atoms with E-state index < -0.39 is 11.5 Å². The Balaban J connectivity index is 1.60. The maximum atomic E-state index is 12.6. The number of amides is 2. The lowest BCUT2D eigenvalue weighted by molar-refractivity contribution is -0.130. The molecule has 0 aliphatic carbocycles. The first-order valence-electron chi connectivity index (χ1n) is 8.66. The first kappa shape index (κ1) is 17.4. The summed E-state index contributed by atoms with van der Waals surface area (Å²) in [6, 6.07) is 10.3. The number of carbonyl (C=O) groups is 2. The maximum Gasteiger partial charge on any atom is 0.226 e. The molecule has 1 aromatic carbocycles.